The molecule has 0 aromatic heterocycles. The molecule has 40 heavy (non-hydrogen) atoms. The summed E-state index contributed by atoms with van der Waals surface area (Å²) in [6, 6.07) is 18.9. The van der Waals surface area contributed by atoms with Crippen LogP contribution in [0.3, 0.4) is 0 Å². The number of halogens is 6. The van der Waals surface area contributed by atoms with Gasteiger partial charge in [0.25, 0.3) is 15.9 Å². The maximum atomic E-state index is 13.1. The molecule has 0 saturated carbocycles. The van der Waals surface area contributed by atoms with E-state index >= 15 is 0 Å². The van der Waals surface area contributed by atoms with Gasteiger partial charge in [0.2, 0.25) is 0 Å². The van der Waals surface area contributed by atoms with Crippen LogP contribution in [0.1, 0.15) is 10.4 Å². The van der Waals surface area contributed by atoms with Crippen molar-refractivity contribution in [1.82, 2.24) is 0 Å². The van der Waals surface area contributed by atoms with Gasteiger partial charge in [0.15, 0.2) is 5.75 Å². The maximum Gasteiger partial charge on any atom is 0.573 e. The fourth-order valence-corrected chi connectivity index (χ4v) is 4.94. The van der Waals surface area contributed by atoms with Gasteiger partial charge in [0, 0.05) is 10.0 Å². The molecule has 7 nitrogen and oxygen atoms in total. The molecule has 1 amide bonds. The van der Waals surface area contributed by atoms with Crippen molar-refractivity contribution in [1.29, 1.82) is 0 Å². The minimum atomic E-state index is -5.04. The number of ether oxygens (including phenoxy) is 2. The Bertz CT molecular complexity index is 1670. The third-order valence-corrected chi connectivity index (χ3v) is 7.25. The van der Waals surface area contributed by atoms with E-state index in [0.717, 1.165) is 24.3 Å². The van der Waals surface area contributed by atoms with Gasteiger partial charge in [-0.25, -0.2) is 8.42 Å². The van der Waals surface area contributed by atoms with Crippen LogP contribution in [0.25, 0.3) is 0 Å². The molecule has 0 bridgehead atoms. The van der Waals surface area contributed by atoms with Crippen molar-refractivity contribution >= 4 is 62.1 Å². The molecule has 4 aromatic carbocycles. The number of alkyl halides is 3. The number of anilines is 2. The summed E-state index contributed by atoms with van der Waals surface area (Å²) in [4.78, 5) is 12.9. The van der Waals surface area contributed by atoms with Crippen molar-refractivity contribution in [3.8, 4) is 17.2 Å². The number of amides is 1. The molecule has 0 unspecified atom stereocenters. The van der Waals surface area contributed by atoms with Gasteiger partial charge in [0.05, 0.1) is 26.9 Å². The molecule has 208 valence electrons. The maximum absolute atomic E-state index is 13.1. The molecular formula is C26H16Cl3F3N2O5S. The Balaban J connectivity index is 1.58. The van der Waals surface area contributed by atoms with Gasteiger partial charge >= 0.3 is 6.36 Å². The number of hydrogen-bond donors (Lipinski definition) is 2. The second-order valence-electron chi connectivity index (χ2n) is 7.94. The SMILES string of the molecule is O=C(Nc1cc(Cl)ccc1OC(F)(F)F)c1cc(Cl)ccc1NS(=O)(=O)c1ccc(Oc2ccccc2Cl)cc1. The Morgan fingerprint density at radius 1 is 0.775 bits per heavy atom. The highest BCUT2D eigenvalue weighted by Gasteiger charge is 2.32. The van der Waals surface area contributed by atoms with E-state index in [0.29, 0.717) is 16.5 Å². The first-order valence-electron chi connectivity index (χ1n) is 11.0. The highest BCUT2D eigenvalue weighted by molar-refractivity contribution is 7.92. The van der Waals surface area contributed by atoms with Gasteiger partial charge in [-0.3, -0.25) is 9.52 Å². The minimum Gasteiger partial charge on any atom is -0.456 e. The van der Waals surface area contributed by atoms with E-state index in [2.05, 4.69) is 14.8 Å². The highest BCUT2D eigenvalue weighted by atomic mass is 35.5. The van der Waals surface area contributed by atoms with Gasteiger partial charge in [-0.1, -0.05) is 46.9 Å². The standard InChI is InChI=1S/C26H16Cl3F3N2O5S/c27-15-5-11-21(19(13-15)25(35)33-22-14-16(28)6-12-24(22)39-26(30,31)32)34-40(36,37)18-9-7-17(8-10-18)38-23-4-2-1-3-20(23)29/h1-14,34H,(H,33,35). The zero-order valence-electron chi connectivity index (χ0n) is 19.8. The number of carbonyl (C=O) groups is 1. The Hall–Kier alpha value is -3.64. The Kier molecular flexibility index (Phi) is 8.69. The minimum absolute atomic E-state index is 0.0128. The summed E-state index contributed by atoms with van der Waals surface area (Å²) in [5.41, 5.74) is -0.885. The number of para-hydroxylation sites is 1. The average Bonchev–Trinajstić information content (AvgIpc) is 2.87. The lowest BCUT2D eigenvalue weighted by Gasteiger charge is -2.16. The summed E-state index contributed by atoms with van der Waals surface area (Å²) >= 11 is 18.0. The zero-order valence-corrected chi connectivity index (χ0v) is 22.9. The third-order valence-electron chi connectivity index (χ3n) is 5.08. The van der Waals surface area contributed by atoms with E-state index in [-0.39, 0.29) is 26.2 Å². The number of nitrogens with one attached hydrogen (secondary N) is 2. The molecule has 4 rings (SSSR count). The van der Waals surface area contributed by atoms with Crippen LogP contribution >= 0.6 is 34.8 Å². The van der Waals surface area contributed by atoms with Gasteiger partial charge in [-0.15, -0.1) is 13.2 Å². The Labute approximate surface area is 241 Å². The van der Waals surface area contributed by atoms with Crippen LogP contribution in [0.5, 0.6) is 17.2 Å². The van der Waals surface area contributed by atoms with E-state index in [9.17, 15) is 26.4 Å². The van der Waals surface area contributed by atoms with Crippen LogP contribution in [-0.2, 0) is 10.0 Å². The van der Waals surface area contributed by atoms with Crippen LogP contribution in [-0.4, -0.2) is 20.7 Å². The van der Waals surface area contributed by atoms with E-state index in [4.69, 9.17) is 39.5 Å². The van der Waals surface area contributed by atoms with Gasteiger partial charge < -0.3 is 14.8 Å². The van der Waals surface area contributed by atoms with Crippen molar-refractivity contribution in [2.45, 2.75) is 11.3 Å². The lowest BCUT2D eigenvalue weighted by molar-refractivity contribution is -0.274. The van der Waals surface area contributed by atoms with Gasteiger partial charge in [0.1, 0.15) is 11.5 Å². The van der Waals surface area contributed by atoms with E-state index < -0.39 is 33.7 Å². The molecule has 14 heteroatoms. The smallest absolute Gasteiger partial charge is 0.456 e. The number of hydrogen-bond acceptors (Lipinski definition) is 5. The summed E-state index contributed by atoms with van der Waals surface area (Å²) in [7, 11) is -4.24. The zero-order chi connectivity index (χ0) is 29.1. The van der Waals surface area contributed by atoms with Crippen molar-refractivity contribution in [3.63, 3.8) is 0 Å². The fraction of sp³-hybridized carbons (Fsp3) is 0.0385. The molecule has 0 aliphatic heterocycles. The third kappa shape index (κ3) is 7.51. The van der Waals surface area contributed by atoms with Crippen LogP contribution in [0, 0.1) is 0 Å². The fourth-order valence-electron chi connectivity index (χ4n) is 3.34. The summed E-state index contributed by atoms with van der Waals surface area (Å²) < 4.78 is 76.6. The number of benzene rings is 4. The molecule has 0 heterocycles. The van der Waals surface area contributed by atoms with E-state index in [1.165, 1.54) is 36.4 Å². The Morgan fingerprint density at radius 2 is 1.43 bits per heavy atom. The van der Waals surface area contributed by atoms with Crippen LogP contribution < -0.4 is 19.5 Å². The molecule has 0 radical (unpaired) electrons. The molecule has 0 aliphatic carbocycles. The molecule has 0 fully saturated rings. The van der Waals surface area contributed by atoms with Crippen molar-refractivity contribution in [2.24, 2.45) is 0 Å². The highest BCUT2D eigenvalue weighted by Crippen LogP contribution is 2.34. The van der Waals surface area contributed by atoms with Crippen molar-refractivity contribution in [2.75, 3.05) is 10.0 Å². The van der Waals surface area contributed by atoms with E-state index in [1.807, 2.05) is 0 Å². The number of rotatable bonds is 8. The molecule has 0 saturated heterocycles. The quantitative estimate of drug-likeness (QED) is 0.204. The molecular weight excluding hydrogens is 616 g/mol. The second-order valence-corrected chi connectivity index (χ2v) is 10.9. The largest absolute Gasteiger partial charge is 0.573 e. The lowest BCUT2D eigenvalue weighted by Crippen LogP contribution is -2.21. The molecule has 2 N–H and O–H groups in total. The lowest BCUT2D eigenvalue weighted by atomic mass is 10.1. The number of sulfonamides is 1. The van der Waals surface area contributed by atoms with Crippen LogP contribution in [0.2, 0.25) is 15.1 Å². The summed E-state index contributed by atoms with van der Waals surface area (Å²) in [6.07, 6.45) is -5.04. The monoisotopic (exact) mass is 630 g/mol. The second kappa shape index (κ2) is 11.8. The van der Waals surface area contributed by atoms with Gasteiger partial charge in [-0.2, -0.15) is 0 Å². The predicted molar refractivity (Wildman–Crippen MR) is 146 cm³/mol. The normalized spacial score (nSPS) is 11.6. The van der Waals surface area contributed by atoms with Crippen LogP contribution in [0.4, 0.5) is 24.5 Å². The molecule has 0 aliphatic rings. The first-order valence-corrected chi connectivity index (χ1v) is 13.6. The van der Waals surface area contributed by atoms with Crippen molar-refractivity contribution < 1.29 is 35.9 Å². The summed E-state index contributed by atoms with van der Waals surface area (Å²) in [5, 5.41) is 2.69. The molecule has 4 aromatic rings. The number of carbonyl (C=O) groups excluding carboxylic acids is 1. The Morgan fingerprint density at radius 3 is 2.10 bits per heavy atom. The summed E-state index contributed by atoms with van der Waals surface area (Å²) in [5.74, 6) is -1.03. The van der Waals surface area contributed by atoms with Crippen LogP contribution in [0.15, 0.2) is 89.8 Å². The topological polar surface area (TPSA) is 93.7 Å². The van der Waals surface area contributed by atoms with E-state index in [1.54, 1.807) is 24.3 Å². The first-order chi connectivity index (χ1) is 18.8. The predicted octanol–water partition coefficient (Wildman–Crippen LogP) is 8.39. The average molecular weight is 632 g/mol. The van der Waals surface area contributed by atoms with Gasteiger partial charge in [-0.05, 0) is 72.8 Å². The summed E-state index contributed by atoms with van der Waals surface area (Å²) in [6.45, 7) is 0. The van der Waals surface area contributed by atoms with Crippen molar-refractivity contribution in [3.05, 3.63) is 106 Å². The first kappa shape index (κ1) is 29.3. The molecule has 0 spiro atoms. The molecule has 0 atom stereocenters.